The average molecular weight is 277 g/mol. The Labute approximate surface area is 106 Å². The van der Waals surface area contributed by atoms with Crippen molar-refractivity contribution in [3.63, 3.8) is 0 Å². The molecule has 0 heterocycles. The van der Waals surface area contributed by atoms with E-state index in [9.17, 15) is 0 Å². The van der Waals surface area contributed by atoms with Crippen LogP contribution < -0.4 is 0 Å². The third kappa shape index (κ3) is 2.85. The van der Waals surface area contributed by atoms with Crippen LogP contribution in [-0.4, -0.2) is 0 Å². The lowest BCUT2D eigenvalue weighted by molar-refractivity contribution is 0.683. The van der Waals surface area contributed by atoms with Crippen LogP contribution in [-0.2, 0) is 0 Å². The van der Waals surface area contributed by atoms with Crippen LogP contribution in [0.1, 0.15) is 38.2 Å². The van der Waals surface area contributed by atoms with Crippen LogP contribution >= 0.6 is 15.9 Å². The van der Waals surface area contributed by atoms with Crippen LogP contribution in [0.4, 0.5) is 0 Å². The molecule has 16 heavy (non-hydrogen) atoms. The van der Waals surface area contributed by atoms with Crippen molar-refractivity contribution in [3.05, 3.63) is 51.5 Å². The molecule has 1 aromatic rings. The number of allylic oxidation sites excluding steroid dienone is 3. The summed E-state index contributed by atoms with van der Waals surface area (Å²) in [6, 6.07) is 8.35. The van der Waals surface area contributed by atoms with Gasteiger partial charge < -0.3 is 0 Å². The molecular formula is C15H17Br. The zero-order valence-electron chi connectivity index (χ0n) is 9.67. The first-order valence-corrected chi connectivity index (χ1v) is 6.68. The normalized spacial score (nSPS) is 17.1. The summed E-state index contributed by atoms with van der Waals surface area (Å²) in [5.74, 6) is 0. The number of benzene rings is 1. The first kappa shape index (κ1) is 11.7. The van der Waals surface area contributed by atoms with E-state index in [0.717, 1.165) is 0 Å². The lowest BCUT2D eigenvalue weighted by Crippen LogP contribution is -1.94. The smallest absolute Gasteiger partial charge is 0.0247 e. The van der Waals surface area contributed by atoms with E-state index < -0.39 is 0 Å². The van der Waals surface area contributed by atoms with E-state index in [4.69, 9.17) is 0 Å². The van der Waals surface area contributed by atoms with E-state index in [0.29, 0.717) is 0 Å². The van der Waals surface area contributed by atoms with Gasteiger partial charge in [0.25, 0.3) is 0 Å². The predicted molar refractivity (Wildman–Crippen MR) is 74.3 cm³/mol. The maximum absolute atomic E-state index is 3.57. The minimum Gasteiger partial charge on any atom is -0.0701 e. The van der Waals surface area contributed by atoms with Gasteiger partial charge in [0.2, 0.25) is 0 Å². The Kier molecular flexibility index (Phi) is 4.00. The summed E-state index contributed by atoms with van der Waals surface area (Å²) in [6.45, 7) is 2.26. The molecule has 0 fully saturated rings. The molecular weight excluding hydrogens is 260 g/mol. The molecule has 1 aliphatic carbocycles. The molecule has 0 unspecified atom stereocenters. The lowest BCUT2D eigenvalue weighted by atomic mass is 9.92. The second kappa shape index (κ2) is 5.49. The van der Waals surface area contributed by atoms with Gasteiger partial charge in [-0.25, -0.2) is 0 Å². The van der Waals surface area contributed by atoms with Crippen LogP contribution in [0.2, 0.25) is 0 Å². The molecule has 0 spiro atoms. The van der Waals surface area contributed by atoms with Crippen molar-refractivity contribution in [2.75, 3.05) is 0 Å². The third-order valence-corrected chi connectivity index (χ3v) is 3.89. The standard InChI is InChI=1S/C15H17Br/c1-12-6-2-3-7-13(12)10-11-14-8-4-5-9-15(14)16/h4-5,8-11H,2-3,6-7H2,1H3/b11-10+. The Morgan fingerprint density at radius 1 is 1.06 bits per heavy atom. The molecule has 0 amide bonds. The van der Waals surface area contributed by atoms with Gasteiger partial charge in [0.15, 0.2) is 0 Å². The van der Waals surface area contributed by atoms with Crippen molar-refractivity contribution >= 4 is 22.0 Å². The zero-order valence-corrected chi connectivity index (χ0v) is 11.3. The van der Waals surface area contributed by atoms with Crippen molar-refractivity contribution in [1.29, 1.82) is 0 Å². The average Bonchev–Trinajstić information content (AvgIpc) is 2.30. The maximum atomic E-state index is 3.57. The molecule has 0 aromatic heterocycles. The van der Waals surface area contributed by atoms with Crippen molar-refractivity contribution in [2.45, 2.75) is 32.6 Å². The van der Waals surface area contributed by atoms with Crippen LogP contribution in [0, 0.1) is 0 Å². The second-order valence-corrected chi connectivity index (χ2v) is 5.22. The molecule has 0 saturated carbocycles. The second-order valence-electron chi connectivity index (χ2n) is 4.37. The highest BCUT2D eigenvalue weighted by atomic mass is 79.9. The van der Waals surface area contributed by atoms with Crippen LogP contribution in [0.5, 0.6) is 0 Å². The highest BCUT2D eigenvalue weighted by Gasteiger charge is 2.06. The highest BCUT2D eigenvalue weighted by molar-refractivity contribution is 9.10. The van der Waals surface area contributed by atoms with Gasteiger partial charge in [0.05, 0.1) is 0 Å². The molecule has 1 aromatic carbocycles. The Balaban J connectivity index is 2.18. The van der Waals surface area contributed by atoms with Gasteiger partial charge >= 0.3 is 0 Å². The van der Waals surface area contributed by atoms with E-state index in [-0.39, 0.29) is 0 Å². The lowest BCUT2D eigenvalue weighted by Gasteiger charge is -2.14. The molecule has 1 aliphatic rings. The van der Waals surface area contributed by atoms with Gasteiger partial charge in [-0.2, -0.15) is 0 Å². The van der Waals surface area contributed by atoms with Gasteiger partial charge in [-0.15, -0.1) is 0 Å². The Morgan fingerprint density at radius 3 is 2.56 bits per heavy atom. The van der Waals surface area contributed by atoms with Gasteiger partial charge in [-0.05, 0) is 49.8 Å². The Bertz CT molecular complexity index is 427. The summed E-state index contributed by atoms with van der Waals surface area (Å²) in [6.07, 6.45) is 9.72. The molecule has 0 saturated heterocycles. The fourth-order valence-corrected chi connectivity index (χ4v) is 2.52. The van der Waals surface area contributed by atoms with Crippen molar-refractivity contribution in [2.24, 2.45) is 0 Å². The minimum absolute atomic E-state index is 1.17. The summed E-state index contributed by atoms with van der Waals surface area (Å²) >= 11 is 3.57. The number of halogens is 1. The highest BCUT2D eigenvalue weighted by Crippen LogP contribution is 2.26. The molecule has 0 radical (unpaired) electrons. The zero-order chi connectivity index (χ0) is 11.4. The number of rotatable bonds is 2. The van der Waals surface area contributed by atoms with Gasteiger partial charge in [0.1, 0.15) is 0 Å². The van der Waals surface area contributed by atoms with Crippen LogP contribution in [0.3, 0.4) is 0 Å². The largest absolute Gasteiger partial charge is 0.0701 e. The summed E-state index contributed by atoms with van der Waals surface area (Å²) in [5, 5.41) is 0. The predicted octanol–water partition coefficient (Wildman–Crippen LogP) is 5.35. The molecule has 0 nitrogen and oxygen atoms in total. The summed E-state index contributed by atoms with van der Waals surface area (Å²) in [7, 11) is 0. The first-order chi connectivity index (χ1) is 7.77. The Hall–Kier alpha value is -0.820. The van der Waals surface area contributed by atoms with Gasteiger partial charge in [-0.1, -0.05) is 51.9 Å². The molecule has 0 bridgehead atoms. The van der Waals surface area contributed by atoms with E-state index in [1.165, 1.54) is 41.3 Å². The van der Waals surface area contributed by atoms with Gasteiger partial charge in [-0.3, -0.25) is 0 Å². The Morgan fingerprint density at radius 2 is 1.81 bits per heavy atom. The van der Waals surface area contributed by atoms with Crippen LogP contribution in [0.25, 0.3) is 6.08 Å². The topological polar surface area (TPSA) is 0 Å². The number of hydrogen-bond donors (Lipinski definition) is 0. The van der Waals surface area contributed by atoms with Crippen molar-refractivity contribution in [3.8, 4) is 0 Å². The monoisotopic (exact) mass is 276 g/mol. The van der Waals surface area contributed by atoms with E-state index in [1.54, 1.807) is 5.57 Å². The van der Waals surface area contributed by atoms with E-state index in [1.807, 2.05) is 6.07 Å². The maximum Gasteiger partial charge on any atom is 0.0247 e. The first-order valence-electron chi connectivity index (χ1n) is 5.88. The van der Waals surface area contributed by atoms with Crippen molar-refractivity contribution in [1.82, 2.24) is 0 Å². The fourth-order valence-electron chi connectivity index (χ4n) is 2.11. The summed E-state index contributed by atoms with van der Waals surface area (Å²) in [5.41, 5.74) is 4.35. The molecule has 0 aliphatic heterocycles. The summed E-state index contributed by atoms with van der Waals surface area (Å²) in [4.78, 5) is 0. The third-order valence-electron chi connectivity index (χ3n) is 3.17. The van der Waals surface area contributed by atoms with Gasteiger partial charge in [0, 0.05) is 4.47 Å². The van der Waals surface area contributed by atoms with E-state index >= 15 is 0 Å². The number of hydrogen-bond acceptors (Lipinski definition) is 0. The quantitative estimate of drug-likeness (QED) is 0.683. The SMILES string of the molecule is CC1=C(/C=C/c2ccccc2Br)CCCC1. The molecule has 0 atom stereocenters. The molecule has 0 N–H and O–H groups in total. The molecule has 84 valence electrons. The fraction of sp³-hybridized carbons (Fsp3) is 0.333. The van der Waals surface area contributed by atoms with Crippen molar-refractivity contribution < 1.29 is 0 Å². The molecule has 2 rings (SSSR count). The summed E-state index contributed by atoms with van der Waals surface area (Å²) < 4.78 is 1.17. The molecule has 1 heteroatoms. The van der Waals surface area contributed by atoms with E-state index in [2.05, 4.69) is 53.2 Å². The van der Waals surface area contributed by atoms with Crippen LogP contribution in [0.15, 0.2) is 46.0 Å². The minimum atomic E-state index is 1.17.